The molecule has 0 bridgehead atoms. The van der Waals surface area contributed by atoms with E-state index in [-0.39, 0.29) is 0 Å². The third kappa shape index (κ3) is 9.05. The minimum atomic E-state index is 0.580. The molecule has 3 nitrogen and oxygen atoms in total. The molecule has 0 spiro atoms. The number of rotatable bonds is 4. The monoisotopic (exact) mass is 907 g/mol. The molecule has 7 heteroatoms. The van der Waals surface area contributed by atoms with Crippen LogP contribution in [0.25, 0.3) is 81.0 Å². The van der Waals surface area contributed by atoms with Gasteiger partial charge in [0.15, 0.2) is 0 Å². The Labute approximate surface area is 392 Å². The van der Waals surface area contributed by atoms with Crippen molar-refractivity contribution in [2.24, 2.45) is 0 Å². The normalized spacial score (nSPS) is 11.7. The second-order valence-electron chi connectivity index (χ2n) is 17.6. The zero-order valence-corrected chi connectivity index (χ0v) is 41.0. The van der Waals surface area contributed by atoms with Gasteiger partial charge in [-0.3, -0.25) is 4.98 Å². The molecule has 0 aliphatic carbocycles. The summed E-state index contributed by atoms with van der Waals surface area (Å²) in [6, 6.07) is 46.2. The average molecular weight is 908 g/mol. The molecule has 0 aliphatic heterocycles. The van der Waals surface area contributed by atoms with Crippen LogP contribution in [0.1, 0.15) is 101 Å². The van der Waals surface area contributed by atoms with Gasteiger partial charge in [0.2, 0.25) is 0 Å². The average Bonchev–Trinajstić information content (AvgIpc) is 4.08. The van der Waals surface area contributed by atoms with Gasteiger partial charge in [0.25, 0.3) is 0 Å². The Balaban J connectivity index is 0.000000108. The zero-order chi connectivity index (χ0) is 44.5. The quantitative estimate of drug-likeness (QED) is 0.177. The fourth-order valence-corrected chi connectivity index (χ4v) is 12.5. The molecule has 12 rings (SSSR count). The molecule has 5 aromatic carbocycles. The first-order chi connectivity index (χ1) is 31.0. The lowest BCUT2D eigenvalue weighted by Crippen LogP contribution is -1.85. The largest absolute Gasteiger partial charge is 0.264 e. The number of fused-ring (bicyclic) bond motifs is 12. The summed E-state index contributed by atoms with van der Waals surface area (Å²) >= 11 is 7.30. The summed E-state index contributed by atoms with van der Waals surface area (Å²) in [4.78, 5) is 15.3. The van der Waals surface area contributed by atoms with E-state index in [2.05, 4.69) is 186 Å². The highest BCUT2D eigenvalue weighted by atomic mass is 32.1. The van der Waals surface area contributed by atoms with Crippen molar-refractivity contribution in [3.63, 3.8) is 0 Å². The predicted octanol–water partition coefficient (Wildman–Crippen LogP) is 18.9. The van der Waals surface area contributed by atoms with Gasteiger partial charge < -0.3 is 0 Å². The van der Waals surface area contributed by atoms with Crippen molar-refractivity contribution >= 4 is 126 Å². The molecule has 7 aromatic heterocycles. The van der Waals surface area contributed by atoms with Gasteiger partial charge in [-0.2, -0.15) is 0 Å². The van der Waals surface area contributed by atoms with Gasteiger partial charge >= 0.3 is 0 Å². The lowest BCUT2D eigenvalue weighted by atomic mass is 10.0. The minimum absolute atomic E-state index is 0.580. The molecular formula is C57H53N3S4. The first-order valence-electron chi connectivity index (χ1n) is 22.2. The van der Waals surface area contributed by atoms with Gasteiger partial charge in [0.1, 0.15) is 9.66 Å². The maximum absolute atomic E-state index is 4.41. The highest BCUT2D eigenvalue weighted by molar-refractivity contribution is 7.26. The van der Waals surface area contributed by atoms with Crippen LogP contribution in [0.15, 0.2) is 152 Å². The van der Waals surface area contributed by atoms with Gasteiger partial charge in [0, 0.05) is 96.1 Å². The minimum Gasteiger partial charge on any atom is -0.264 e. The van der Waals surface area contributed by atoms with Crippen molar-refractivity contribution in [3.8, 4) is 0 Å². The Morgan fingerprint density at radius 1 is 0.312 bits per heavy atom. The maximum Gasteiger partial charge on any atom is 0.124 e. The molecule has 0 atom stereocenters. The smallest absolute Gasteiger partial charge is 0.124 e. The van der Waals surface area contributed by atoms with Crippen molar-refractivity contribution in [3.05, 3.63) is 174 Å². The van der Waals surface area contributed by atoms with Crippen molar-refractivity contribution in [2.75, 3.05) is 0 Å². The SMILES string of the molecule is CC(C)c1ccc2c(c1)sc1ccccc12.CC(C)c1ccc2c(c1)sc1ccncc12.CC(C)c1ccc2c(c1)sc1ncccc12.CC(C)c1ccc2sc3ncccc3c2c1. The number of thiophene rings is 4. The molecule has 320 valence electrons. The molecule has 0 unspecified atom stereocenters. The Hall–Kier alpha value is -5.57. The molecule has 12 aromatic rings. The lowest BCUT2D eigenvalue weighted by Gasteiger charge is -2.04. The van der Waals surface area contributed by atoms with E-state index in [9.17, 15) is 0 Å². The first-order valence-corrected chi connectivity index (χ1v) is 25.5. The number of hydrogen-bond acceptors (Lipinski definition) is 7. The summed E-state index contributed by atoms with van der Waals surface area (Å²) < 4.78 is 8.17. The second-order valence-corrected chi connectivity index (χ2v) is 21.9. The second kappa shape index (κ2) is 18.9. The third-order valence-electron chi connectivity index (χ3n) is 11.9. The number of aromatic nitrogens is 3. The summed E-state index contributed by atoms with van der Waals surface area (Å²) in [5, 5.41) is 10.6. The van der Waals surface area contributed by atoms with Gasteiger partial charge in [-0.25, -0.2) is 9.97 Å². The number of benzene rings is 5. The summed E-state index contributed by atoms with van der Waals surface area (Å²) in [6.07, 6.45) is 7.55. The Morgan fingerprint density at radius 2 is 0.719 bits per heavy atom. The van der Waals surface area contributed by atoms with E-state index in [4.69, 9.17) is 0 Å². The molecular weight excluding hydrogens is 855 g/mol. The fraction of sp³-hybridized carbons (Fsp3) is 0.211. The summed E-state index contributed by atoms with van der Waals surface area (Å²) in [6.45, 7) is 17.9. The zero-order valence-electron chi connectivity index (χ0n) is 37.7. The van der Waals surface area contributed by atoms with Crippen LogP contribution in [0.4, 0.5) is 0 Å². The molecule has 0 N–H and O–H groups in total. The molecule has 0 radical (unpaired) electrons. The van der Waals surface area contributed by atoms with E-state index >= 15 is 0 Å². The van der Waals surface area contributed by atoms with Crippen LogP contribution in [-0.2, 0) is 0 Å². The fourth-order valence-electron chi connectivity index (χ4n) is 8.07. The molecule has 0 saturated heterocycles. The maximum atomic E-state index is 4.41. The Kier molecular flexibility index (Phi) is 12.9. The summed E-state index contributed by atoms with van der Waals surface area (Å²) in [7, 11) is 0. The summed E-state index contributed by atoms with van der Waals surface area (Å²) in [5.74, 6) is 2.36. The van der Waals surface area contributed by atoms with E-state index in [0.717, 1.165) is 9.66 Å². The highest BCUT2D eigenvalue weighted by Crippen LogP contribution is 2.38. The standard InChI is InChI=1S/C15H14S.3C14H13NS/c1-10(2)11-7-8-13-12-5-3-4-6-14(12)16-15(13)9-11;1-9(2)10-3-4-11-12-8-15-6-5-13(12)16-14(11)7-10;1-9(2)10-5-6-11-12-4-3-7-15-14(12)16-13(11)8-10;1-9(2)10-5-6-13-12(8-10)11-4-3-7-15-14(11)16-13/h3-10H,1-2H3;3*3-9H,1-2H3. The van der Waals surface area contributed by atoms with Crippen LogP contribution in [0.3, 0.4) is 0 Å². The van der Waals surface area contributed by atoms with Gasteiger partial charge in [-0.1, -0.05) is 116 Å². The van der Waals surface area contributed by atoms with Crippen molar-refractivity contribution in [1.29, 1.82) is 0 Å². The van der Waals surface area contributed by atoms with E-state index in [0.29, 0.717) is 23.7 Å². The molecule has 7 heterocycles. The van der Waals surface area contributed by atoms with Crippen LogP contribution in [-0.4, -0.2) is 15.0 Å². The lowest BCUT2D eigenvalue weighted by molar-refractivity contribution is 0.869. The molecule has 0 fully saturated rings. The van der Waals surface area contributed by atoms with Crippen LogP contribution < -0.4 is 0 Å². The van der Waals surface area contributed by atoms with Crippen LogP contribution in [0, 0.1) is 0 Å². The Bertz CT molecular complexity index is 3260. The van der Waals surface area contributed by atoms with Crippen molar-refractivity contribution in [1.82, 2.24) is 15.0 Å². The van der Waals surface area contributed by atoms with E-state index < -0.39 is 0 Å². The van der Waals surface area contributed by atoms with E-state index in [1.54, 1.807) is 22.7 Å². The molecule has 0 aliphatic rings. The first kappa shape index (κ1) is 43.7. The van der Waals surface area contributed by atoms with Gasteiger partial charge in [0.05, 0.1) is 0 Å². The summed E-state index contributed by atoms with van der Waals surface area (Å²) in [5.41, 5.74) is 5.64. The van der Waals surface area contributed by atoms with Crippen molar-refractivity contribution < 1.29 is 0 Å². The van der Waals surface area contributed by atoms with Crippen LogP contribution >= 0.6 is 45.3 Å². The van der Waals surface area contributed by atoms with E-state index in [1.165, 1.54) is 93.5 Å². The molecule has 0 amide bonds. The number of pyridine rings is 3. The third-order valence-corrected chi connectivity index (χ3v) is 16.3. The Morgan fingerprint density at radius 3 is 1.30 bits per heavy atom. The van der Waals surface area contributed by atoms with Crippen molar-refractivity contribution in [2.45, 2.75) is 79.1 Å². The highest BCUT2D eigenvalue weighted by Gasteiger charge is 2.11. The molecule has 64 heavy (non-hydrogen) atoms. The number of nitrogens with zero attached hydrogens (tertiary/aromatic N) is 3. The predicted molar refractivity (Wildman–Crippen MR) is 287 cm³/mol. The van der Waals surface area contributed by atoms with Crippen LogP contribution in [0.2, 0.25) is 0 Å². The van der Waals surface area contributed by atoms with Crippen LogP contribution in [0.5, 0.6) is 0 Å². The van der Waals surface area contributed by atoms with Gasteiger partial charge in [-0.05, 0) is 113 Å². The number of hydrogen-bond donors (Lipinski definition) is 0. The van der Waals surface area contributed by atoms with E-state index in [1.807, 2.05) is 59.6 Å². The topological polar surface area (TPSA) is 38.7 Å². The van der Waals surface area contributed by atoms with Gasteiger partial charge in [-0.15, -0.1) is 45.3 Å². The molecule has 0 saturated carbocycles.